The quantitative estimate of drug-likeness (QED) is 0.0952. The molecule has 0 spiro atoms. The fourth-order valence-corrected chi connectivity index (χ4v) is 8.05. The van der Waals surface area contributed by atoms with Crippen molar-refractivity contribution in [3.8, 4) is 23.3 Å². The fraction of sp³-hybridized carbons (Fsp3) is 0.265. The number of carbonyl (C=O) groups is 2. The van der Waals surface area contributed by atoms with Gasteiger partial charge in [-0.25, -0.2) is 19.9 Å². The Morgan fingerprint density at radius 3 is 1.24 bits per heavy atom. The van der Waals surface area contributed by atoms with Gasteiger partial charge in [0, 0.05) is 47.8 Å². The molecule has 4 aromatic heterocycles. The van der Waals surface area contributed by atoms with Gasteiger partial charge in [0.2, 0.25) is 23.3 Å². The van der Waals surface area contributed by atoms with Crippen LogP contribution in [0, 0.1) is 0 Å². The van der Waals surface area contributed by atoms with E-state index in [0.717, 1.165) is 84.8 Å². The second-order valence-electron chi connectivity index (χ2n) is 15.6. The average molecular weight is 845 g/mol. The number of rotatable bonds is 10. The van der Waals surface area contributed by atoms with Crippen LogP contribution in [0.2, 0.25) is 0 Å². The minimum absolute atomic E-state index is 0. The van der Waals surface area contributed by atoms with Gasteiger partial charge in [-0.3, -0.25) is 19.6 Å². The molecular weight excluding hydrogens is 797 g/mol. The lowest BCUT2D eigenvalue weighted by Crippen LogP contribution is -2.18. The van der Waals surface area contributed by atoms with Crippen LogP contribution >= 0.6 is 0 Å². The van der Waals surface area contributed by atoms with Gasteiger partial charge in [0.15, 0.2) is 11.6 Å². The Morgan fingerprint density at radius 2 is 0.857 bits per heavy atom. The molecule has 14 heteroatoms. The van der Waals surface area contributed by atoms with Crippen molar-refractivity contribution in [2.24, 2.45) is 0 Å². The third-order valence-corrected chi connectivity index (χ3v) is 11.4. The van der Waals surface area contributed by atoms with Crippen LogP contribution < -0.4 is 9.47 Å². The maximum Gasteiger partial charge on any atom is 0.241 e. The number of benzene rings is 4. The van der Waals surface area contributed by atoms with Crippen molar-refractivity contribution in [3.05, 3.63) is 156 Å². The molecule has 0 aliphatic heterocycles. The van der Waals surface area contributed by atoms with E-state index in [1.54, 1.807) is 73.3 Å². The molecule has 4 aromatic carbocycles. The monoisotopic (exact) mass is 844 g/mol. The smallest absolute Gasteiger partial charge is 0.241 e. The molecule has 2 saturated carbocycles. The Bertz CT molecular complexity index is 2550. The van der Waals surface area contributed by atoms with Crippen LogP contribution in [-0.2, 0) is 0 Å². The molecule has 63 heavy (non-hydrogen) atoms. The second kappa shape index (κ2) is 19.3. The number of imidazole rings is 2. The molecule has 0 radical (unpaired) electrons. The standard InChI is InChI=1S/2C24H22N4O3.CH4/c2*29-17-9-5-15(6-10-17)21-24(26-14-13-25-21)31-18-11-7-16(8-12-18)22(30)23-27-19-3-1-2-4-20(19)28-23;/h2*1-4,7-8,11-15,17,29H,5-6,9-10H2,(H,27,28);1H4. The Kier molecular flexibility index (Phi) is 13.0. The summed E-state index contributed by atoms with van der Waals surface area (Å²) in [4.78, 5) is 58.2. The summed E-state index contributed by atoms with van der Waals surface area (Å²) in [5.41, 5.74) is 5.85. The molecule has 4 N–H and O–H groups in total. The largest absolute Gasteiger partial charge is 0.437 e. The highest BCUT2D eigenvalue weighted by Gasteiger charge is 2.27. The lowest BCUT2D eigenvalue weighted by Gasteiger charge is -2.25. The average Bonchev–Trinajstić information content (AvgIpc) is 3.96. The van der Waals surface area contributed by atoms with Gasteiger partial charge in [-0.05, 0) is 124 Å². The maximum absolute atomic E-state index is 12.8. The number of ketones is 2. The highest BCUT2D eigenvalue weighted by molar-refractivity contribution is 6.08. The van der Waals surface area contributed by atoms with Crippen molar-refractivity contribution in [1.82, 2.24) is 39.9 Å². The zero-order chi connectivity index (χ0) is 42.4. The van der Waals surface area contributed by atoms with Crippen molar-refractivity contribution in [2.75, 3.05) is 0 Å². The Hall–Kier alpha value is -7.16. The van der Waals surface area contributed by atoms with Crippen LogP contribution in [-0.4, -0.2) is 73.9 Å². The van der Waals surface area contributed by atoms with E-state index in [1.165, 1.54) is 0 Å². The highest BCUT2D eigenvalue weighted by atomic mass is 16.5. The number of para-hydroxylation sites is 4. The van der Waals surface area contributed by atoms with Crippen LogP contribution in [0.15, 0.2) is 122 Å². The van der Waals surface area contributed by atoms with Gasteiger partial charge in [0.05, 0.1) is 34.3 Å². The number of fused-ring (bicyclic) bond motifs is 2. The second-order valence-corrected chi connectivity index (χ2v) is 15.6. The van der Waals surface area contributed by atoms with Gasteiger partial charge < -0.3 is 29.7 Å². The zero-order valence-corrected chi connectivity index (χ0v) is 33.7. The number of aromatic nitrogens is 8. The van der Waals surface area contributed by atoms with Crippen LogP contribution in [0.3, 0.4) is 0 Å². The number of carbonyl (C=O) groups excluding carboxylic acids is 2. The Balaban J connectivity index is 0.000000170. The number of nitrogens with zero attached hydrogens (tertiary/aromatic N) is 6. The summed E-state index contributed by atoms with van der Waals surface area (Å²) in [6, 6.07) is 29.0. The predicted molar refractivity (Wildman–Crippen MR) is 237 cm³/mol. The van der Waals surface area contributed by atoms with E-state index >= 15 is 0 Å². The molecule has 0 bridgehead atoms. The van der Waals surface area contributed by atoms with Crippen molar-refractivity contribution in [1.29, 1.82) is 0 Å². The van der Waals surface area contributed by atoms with Crippen molar-refractivity contribution in [2.45, 2.75) is 82.8 Å². The van der Waals surface area contributed by atoms with Crippen molar-refractivity contribution >= 4 is 33.6 Å². The van der Waals surface area contributed by atoms with Gasteiger partial charge in [-0.1, -0.05) is 31.7 Å². The van der Waals surface area contributed by atoms with Gasteiger partial charge in [0.25, 0.3) is 0 Å². The van der Waals surface area contributed by atoms with Gasteiger partial charge >= 0.3 is 0 Å². The summed E-state index contributed by atoms with van der Waals surface area (Å²) in [6.45, 7) is 0. The molecule has 0 saturated heterocycles. The van der Waals surface area contributed by atoms with Crippen molar-refractivity contribution < 1.29 is 29.3 Å². The number of aliphatic hydroxyl groups excluding tert-OH is 2. The molecule has 2 aliphatic carbocycles. The van der Waals surface area contributed by atoms with E-state index in [0.29, 0.717) is 46.0 Å². The van der Waals surface area contributed by atoms with Gasteiger partial charge in [-0.2, -0.15) is 0 Å². The summed E-state index contributed by atoms with van der Waals surface area (Å²) in [5.74, 6) is 2.82. The van der Waals surface area contributed by atoms with Crippen LogP contribution in [0.4, 0.5) is 0 Å². The summed E-state index contributed by atoms with van der Waals surface area (Å²) < 4.78 is 12.0. The fourth-order valence-electron chi connectivity index (χ4n) is 8.05. The Labute approximate surface area is 363 Å². The molecule has 320 valence electrons. The van der Waals surface area contributed by atoms with E-state index < -0.39 is 0 Å². The first-order valence-electron chi connectivity index (χ1n) is 20.9. The minimum atomic E-state index is -0.228. The van der Waals surface area contributed by atoms with E-state index in [-0.39, 0.29) is 43.0 Å². The number of hydrogen-bond donors (Lipinski definition) is 4. The third kappa shape index (κ3) is 9.82. The first-order valence-corrected chi connectivity index (χ1v) is 20.9. The zero-order valence-electron chi connectivity index (χ0n) is 33.7. The first kappa shape index (κ1) is 42.5. The molecule has 0 amide bonds. The minimum Gasteiger partial charge on any atom is -0.437 e. The molecule has 0 unspecified atom stereocenters. The lowest BCUT2D eigenvalue weighted by molar-refractivity contribution is 0.102. The van der Waals surface area contributed by atoms with E-state index in [9.17, 15) is 19.8 Å². The Morgan fingerprint density at radius 1 is 0.492 bits per heavy atom. The lowest BCUT2D eigenvalue weighted by atomic mass is 9.85. The molecular formula is C49H48N8O6. The number of nitrogens with one attached hydrogen (secondary N) is 2. The molecule has 0 atom stereocenters. The topological polar surface area (TPSA) is 202 Å². The molecule has 10 rings (SSSR count). The third-order valence-electron chi connectivity index (χ3n) is 11.4. The van der Waals surface area contributed by atoms with Gasteiger partial charge in [-0.15, -0.1) is 0 Å². The summed E-state index contributed by atoms with van der Waals surface area (Å²) >= 11 is 0. The predicted octanol–water partition coefficient (Wildman–Crippen LogP) is 9.43. The summed E-state index contributed by atoms with van der Waals surface area (Å²) in [5, 5.41) is 19.5. The molecule has 2 aliphatic rings. The highest BCUT2D eigenvalue weighted by Crippen LogP contribution is 2.38. The summed E-state index contributed by atoms with van der Waals surface area (Å²) in [7, 11) is 0. The molecule has 4 heterocycles. The first-order chi connectivity index (χ1) is 30.3. The summed E-state index contributed by atoms with van der Waals surface area (Å²) in [6.07, 6.45) is 12.6. The van der Waals surface area contributed by atoms with E-state index in [2.05, 4.69) is 39.9 Å². The van der Waals surface area contributed by atoms with E-state index in [4.69, 9.17) is 9.47 Å². The number of ether oxygens (including phenoxy) is 2. The number of hydrogen-bond acceptors (Lipinski definition) is 12. The number of H-pyrrole nitrogens is 2. The number of aliphatic hydroxyl groups is 2. The molecule has 14 nitrogen and oxygen atoms in total. The van der Waals surface area contributed by atoms with Crippen LogP contribution in [0.1, 0.15) is 114 Å². The number of aromatic amines is 2. The van der Waals surface area contributed by atoms with Gasteiger partial charge in [0.1, 0.15) is 22.9 Å². The molecule has 2 fully saturated rings. The maximum atomic E-state index is 12.8. The van der Waals surface area contributed by atoms with E-state index in [1.807, 2.05) is 48.5 Å². The normalized spacial score (nSPS) is 18.4. The SMILES string of the molecule is C.O=C(c1ccc(Oc2nccnc2C2CCC(O)CC2)cc1)c1nc2ccccc2[nH]1.O=C(c1ccc(Oc2nccnc2C2CCC(O)CC2)cc1)c1nc2ccccc2[nH]1. The molecule has 8 aromatic rings. The van der Waals surface area contributed by atoms with Crippen LogP contribution in [0.25, 0.3) is 22.1 Å². The van der Waals surface area contributed by atoms with Crippen molar-refractivity contribution in [3.63, 3.8) is 0 Å². The van der Waals surface area contributed by atoms with Crippen LogP contribution in [0.5, 0.6) is 23.3 Å².